The highest BCUT2D eigenvalue weighted by Gasteiger charge is 2.20. The maximum Gasteiger partial charge on any atom is 0.223 e. The van der Waals surface area contributed by atoms with E-state index in [1.807, 2.05) is 11.8 Å². The first-order chi connectivity index (χ1) is 6.79. The predicted molar refractivity (Wildman–Crippen MR) is 62.5 cm³/mol. The third kappa shape index (κ3) is 2.15. The van der Waals surface area contributed by atoms with Gasteiger partial charge in [-0.25, -0.2) is 0 Å². The van der Waals surface area contributed by atoms with E-state index < -0.39 is 0 Å². The summed E-state index contributed by atoms with van der Waals surface area (Å²) in [5.41, 5.74) is 0. The van der Waals surface area contributed by atoms with Crippen molar-refractivity contribution in [2.24, 2.45) is 0 Å². The lowest BCUT2D eigenvalue weighted by molar-refractivity contribution is 0.456. The van der Waals surface area contributed by atoms with Crippen LogP contribution in [0.3, 0.4) is 0 Å². The molecule has 14 heavy (non-hydrogen) atoms. The van der Waals surface area contributed by atoms with Gasteiger partial charge in [0.15, 0.2) is 5.13 Å². The van der Waals surface area contributed by atoms with Gasteiger partial charge in [-0.2, -0.15) is 16.7 Å². The second kappa shape index (κ2) is 4.40. The van der Waals surface area contributed by atoms with Crippen molar-refractivity contribution >= 4 is 28.2 Å². The fourth-order valence-corrected chi connectivity index (χ4v) is 3.11. The van der Waals surface area contributed by atoms with E-state index in [0.29, 0.717) is 0 Å². The Labute approximate surface area is 92.2 Å². The summed E-state index contributed by atoms with van der Waals surface area (Å²) in [6.45, 7) is 2.14. The lowest BCUT2D eigenvalue weighted by atomic mass is 10.1. The molecule has 1 aromatic heterocycles. The molecule has 0 saturated carbocycles. The fraction of sp³-hybridized carbons (Fsp3) is 0.667. The number of piperidine rings is 1. The fourth-order valence-electron chi connectivity index (χ4n) is 1.68. The van der Waals surface area contributed by atoms with Gasteiger partial charge in [-0.15, -0.1) is 11.3 Å². The molecular weight excluding hydrogens is 216 g/mol. The van der Waals surface area contributed by atoms with Crippen LogP contribution in [-0.2, 0) is 0 Å². The Morgan fingerprint density at radius 1 is 1.57 bits per heavy atom. The van der Waals surface area contributed by atoms with E-state index in [2.05, 4.69) is 16.1 Å². The topological polar surface area (TPSA) is 36.4 Å². The summed E-state index contributed by atoms with van der Waals surface area (Å²) in [4.78, 5) is 6.34. The van der Waals surface area contributed by atoms with Crippen molar-refractivity contribution in [3.8, 4) is 5.88 Å². The van der Waals surface area contributed by atoms with Crippen molar-refractivity contribution in [2.75, 3.05) is 24.2 Å². The number of aromatic hydroxyl groups is 1. The zero-order chi connectivity index (χ0) is 9.97. The van der Waals surface area contributed by atoms with Gasteiger partial charge in [-0.1, -0.05) is 0 Å². The van der Waals surface area contributed by atoms with E-state index in [9.17, 15) is 0 Å². The van der Waals surface area contributed by atoms with Crippen molar-refractivity contribution in [1.29, 1.82) is 0 Å². The highest BCUT2D eigenvalue weighted by molar-refractivity contribution is 7.99. The normalized spacial score (nSPS) is 18.8. The molecule has 0 bridgehead atoms. The van der Waals surface area contributed by atoms with Crippen LogP contribution >= 0.6 is 23.1 Å². The van der Waals surface area contributed by atoms with Crippen LogP contribution in [0, 0.1) is 0 Å². The minimum absolute atomic E-state index is 0.150. The molecule has 1 aliphatic heterocycles. The zero-order valence-corrected chi connectivity index (χ0v) is 9.77. The van der Waals surface area contributed by atoms with E-state index in [0.717, 1.165) is 23.5 Å². The molecule has 2 rings (SSSR count). The quantitative estimate of drug-likeness (QED) is 0.845. The lowest BCUT2D eigenvalue weighted by Crippen LogP contribution is -2.34. The van der Waals surface area contributed by atoms with Gasteiger partial charge in [-0.3, -0.25) is 0 Å². The number of thiazole rings is 1. The van der Waals surface area contributed by atoms with Gasteiger partial charge in [0.2, 0.25) is 5.88 Å². The summed E-state index contributed by atoms with van der Waals surface area (Å²) < 4.78 is 0. The zero-order valence-electron chi connectivity index (χ0n) is 8.14. The standard InChI is InChI=1S/C9H14N2OS2/c1-13-7-2-4-11(5-3-7)9-10-8(12)6-14-9/h6-7,12H,2-5H2,1H3. The Morgan fingerprint density at radius 3 is 2.79 bits per heavy atom. The van der Waals surface area contributed by atoms with E-state index >= 15 is 0 Å². The van der Waals surface area contributed by atoms with Gasteiger partial charge >= 0.3 is 0 Å². The Kier molecular flexibility index (Phi) is 3.18. The van der Waals surface area contributed by atoms with E-state index in [1.165, 1.54) is 24.2 Å². The first kappa shape index (κ1) is 10.1. The molecule has 2 heterocycles. The molecule has 1 fully saturated rings. The number of aromatic nitrogens is 1. The van der Waals surface area contributed by atoms with Crippen molar-refractivity contribution in [3.63, 3.8) is 0 Å². The number of nitrogens with zero attached hydrogens (tertiary/aromatic N) is 2. The molecular formula is C9H14N2OS2. The maximum absolute atomic E-state index is 9.15. The predicted octanol–water partition coefficient (Wildman–Crippen LogP) is 2.18. The highest BCUT2D eigenvalue weighted by Crippen LogP contribution is 2.29. The molecule has 0 aromatic carbocycles. The van der Waals surface area contributed by atoms with Gasteiger partial charge < -0.3 is 10.0 Å². The van der Waals surface area contributed by atoms with Crippen LogP contribution in [0.5, 0.6) is 5.88 Å². The second-order valence-corrected chi connectivity index (χ2v) is 5.39. The Morgan fingerprint density at radius 2 is 2.29 bits per heavy atom. The van der Waals surface area contributed by atoms with Crippen LogP contribution in [-0.4, -0.2) is 34.7 Å². The first-order valence-electron chi connectivity index (χ1n) is 4.72. The average Bonchev–Trinajstić information content (AvgIpc) is 2.65. The van der Waals surface area contributed by atoms with Gasteiger partial charge in [0.1, 0.15) is 0 Å². The summed E-state index contributed by atoms with van der Waals surface area (Å²) in [6, 6.07) is 0. The smallest absolute Gasteiger partial charge is 0.223 e. The van der Waals surface area contributed by atoms with Crippen molar-refractivity contribution in [1.82, 2.24) is 4.98 Å². The van der Waals surface area contributed by atoms with Crippen molar-refractivity contribution in [2.45, 2.75) is 18.1 Å². The van der Waals surface area contributed by atoms with E-state index in [1.54, 1.807) is 5.38 Å². The molecule has 5 heteroatoms. The Hall–Kier alpha value is -0.420. The second-order valence-electron chi connectivity index (χ2n) is 3.41. The van der Waals surface area contributed by atoms with Crippen LogP contribution in [0.1, 0.15) is 12.8 Å². The summed E-state index contributed by atoms with van der Waals surface area (Å²) in [5.74, 6) is 0.150. The van der Waals surface area contributed by atoms with Crippen LogP contribution in [0.25, 0.3) is 0 Å². The molecule has 1 aromatic rings. The molecule has 0 spiro atoms. The SMILES string of the molecule is CSC1CCN(c2nc(O)cs2)CC1. The lowest BCUT2D eigenvalue weighted by Gasteiger charge is -2.30. The number of hydrogen-bond donors (Lipinski definition) is 1. The summed E-state index contributed by atoms with van der Waals surface area (Å²) >= 11 is 3.48. The van der Waals surface area contributed by atoms with E-state index in [4.69, 9.17) is 5.11 Å². The average molecular weight is 230 g/mol. The highest BCUT2D eigenvalue weighted by atomic mass is 32.2. The molecule has 78 valence electrons. The molecule has 0 radical (unpaired) electrons. The monoisotopic (exact) mass is 230 g/mol. The third-order valence-corrected chi connectivity index (χ3v) is 4.55. The van der Waals surface area contributed by atoms with Crippen molar-refractivity contribution in [3.05, 3.63) is 5.38 Å². The number of rotatable bonds is 2. The molecule has 0 aliphatic carbocycles. The molecule has 1 saturated heterocycles. The van der Waals surface area contributed by atoms with Gasteiger partial charge in [0, 0.05) is 18.3 Å². The molecule has 3 nitrogen and oxygen atoms in total. The van der Waals surface area contributed by atoms with Crippen LogP contribution in [0.4, 0.5) is 5.13 Å². The molecule has 0 atom stereocenters. The summed E-state index contributed by atoms with van der Waals surface area (Å²) in [7, 11) is 0. The van der Waals surface area contributed by atoms with Crippen LogP contribution in [0.15, 0.2) is 5.38 Å². The van der Waals surface area contributed by atoms with Crippen LogP contribution < -0.4 is 4.90 Å². The molecule has 1 aliphatic rings. The van der Waals surface area contributed by atoms with E-state index in [-0.39, 0.29) is 5.88 Å². The Balaban J connectivity index is 1.95. The molecule has 0 amide bonds. The van der Waals surface area contributed by atoms with Gasteiger partial charge in [0.25, 0.3) is 0 Å². The number of anilines is 1. The van der Waals surface area contributed by atoms with Gasteiger partial charge in [-0.05, 0) is 19.1 Å². The Bertz CT molecular complexity index is 295. The third-order valence-electron chi connectivity index (χ3n) is 2.53. The van der Waals surface area contributed by atoms with Gasteiger partial charge in [0.05, 0.1) is 5.38 Å². The minimum Gasteiger partial charge on any atom is -0.493 e. The number of hydrogen-bond acceptors (Lipinski definition) is 5. The number of thioether (sulfide) groups is 1. The largest absolute Gasteiger partial charge is 0.493 e. The summed E-state index contributed by atoms with van der Waals surface area (Å²) in [5, 5.41) is 12.6. The first-order valence-corrected chi connectivity index (χ1v) is 6.88. The minimum atomic E-state index is 0.150. The van der Waals surface area contributed by atoms with Crippen molar-refractivity contribution < 1.29 is 5.11 Å². The summed E-state index contributed by atoms with van der Waals surface area (Å²) in [6.07, 6.45) is 4.62. The molecule has 0 unspecified atom stereocenters. The maximum atomic E-state index is 9.15. The molecule has 1 N–H and O–H groups in total. The van der Waals surface area contributed by atoms with Crippen LogP contribution in [0.2, 0.25) is 0 Å².